The molecule has 0 heterocycles. The van der Waals surface area contributed by atoms with E-state index in [4.69, 9.17) is 0 Å². The van der Waals surface area contributed by atoms with E-state index in [2.05, 4.69) is 17.6 Å². The second-order valence-electron chi connectivity index (χ2n) is 6.82. The molecule has 0 unspecified atom stereocenters. The van der Waals surface area contributed by atoms with E-state index in [-0.39, 0.29) is 11.4 Å². The van der Waals surface area contributed by atoms with Gasteiger partial charge >= 0.3 is 12.0 Å². The number of carbonyl (C=O) groups excluding carboxylic acids is 1. The molecule has 0 bridgehead atoms. The summed E-state index contributed by atoms with van der Waals surface area (Å²) < 4.78 is 0. The molecule has 2 rings (SSSR count). The molecule has 2 aliphatic rings. The van der Waals surface area contributed by atoms with E-state index in [1.807, 2.05) is 0 Å². The van der Waals surface area contributed by atoms with Gasteiger partial charge in [-0.15, -0.1) is 0 Å². The molecule has 2 fully saturated rings. The third kappa shape index (κ3) is 3.69. The highest BCUT2D eigenvalue weighted by molar-refractivity contribution is 5.86. The summed E-state index contributed by atoms with van der Waals surface area (Å²) in [4.78, 5) is 23.8. The molecule has 120 valence electrons. The molecule has 2 saturated carbocycles. The van der Waals surface area contributed by atoms with E-state index in [0.717, 1.165) is 44.9 Å². The van der Waals surface area contributed by atoms with Gasteiger partial charge in [0.25, 0.3) is 0 Å². The SMILES string of the molecule is CCC1(CNC(=O)NC2(C(=O)O)CCCCCC2)CCC1. The first-order valence-electron chi connectivity index (χ1n) is 8.31. The van der Waals surface area contributed by atoms with Crippen LogP contribution in [0.3, 0.4) is 0 Å². The molecule has 21 heavy (non-hydrogen) atoms. The minimum Gasteiger partial charge on any atom is -0.480 e. The Morgan fingerprint density at radius 2 is 1.62 bits per heavy atom. The van der Waals surface area contributed by atoms with Crippen LogP contribution in [-0.4, -0.2) is 29.2 Å². The molecule has 0 aromatic heterocycles. The van der Waals surface area contributed by atoms with Crippen LogP contribution in [0.15, 0.2) is 0 Å². The highest BCUT2D eigenvalue weighted by Gasteiger charge is 2.41. The van der Waals surface area contributed by atoms with Gasteiger partial charge < -0.3 is 15.7 Å². The maximum atomic E-state index is 12.2. The Balaban J connectivity index is 1.90. The fraction of sp³-hybridized carbons (Fsp3) is 0.875. The summed E-state index contributed by atoms with van der Waals surface area (Å²) in [5.41, 5.74) is -0.823. The average molecular weight is 296 g/mol. The normalized spacial score (nSPS) is 23.5. The van der Waals surface area contributed by atoms with Gasteiger partial charge in [0.15, 0.2) is 0 Å². The zero-order valence-electron chi connectivity index (χ0n) is 13.0. The number of hydrogen-bond acceptors (Lipinski definition) is 2. The molecule has 3 N–H and O–H groups in total. The largest absolute Gasteiger partial charge is 0.480 e. The lowest BCUT2D eigenvalue weighted by Crippen LogP contribution is -2.58. The molecule has 0 radical (unpaired) electrons. The van der Waals surface area contributed by atoms with Gasteiger partial charge in [-0.25, -0.2) is 9.59 Å². The second-order valence-corrected chi connectivity index (χ2v) is 6.82. The highest BCUT2D eigenvalue weighted by atomic mass is 16.4. The molecular weight excluding hydrogens is 268 g/mol. The molecule has 0 atom stereocenters. The predicted octanol–water partition coefficient (Wildman–Crippen LogP) is 3.04. The van der Waals surface area contributed by atoms with Crippen LogP contribution in [0.1, 0.15) is 71.1 Å². The molecule has 0 aromatic carbocycles. The minimum atomic E-state index is -1.07. The first kappa shape index (κ1) is 16.1. The third-order valence-corrected chi connectivity index (χ3v) is 5.51. The monoisotopic (exact) mass is 296 g/mol. The maximum Gasteiger partial charge on any atom is 0.329 e. The topological polar surface area (TPSA) is 78.4 Å². The van der Waals surface area contributed by atoms with Crippen molar-refractivity contribution < 1.29 is 14.7 Å². The fourth-order valence-corrected chi connectivity index (χ4v) is 3.59. The fourth-order valence-electron chi connectivity index (χ4n) is 3.59. The van der Waals surface area contributed by atoms with Gasteiger partial charge in [0.05, 0.1) is 0 Å². The lowest BCUT2D eigenvalue weighted by Gasteiger charge is -2.41. The first-order chi connectivity index (χ1) is 10.0. The van der Waals surface area contributed by atoms with Crippen molar-refractivity contribution in [2.45, 2.75) is 76.7 Å². The predicted molar refractivity (Wildman–Crippen MR) is 81.2 cm³/mol. The summed E-state index contributed by atoms with van der Waals surface area (Å²) >= 11 is 0. The van der Waals surface area contributed by atoms with Crippen molar-refractivity contribution in [3.05, 3.63) is 0 Å². The van der Waals surface area contributed by atoms with Crippen molar-refractivity contribution in [1.82, 2.24) is 10.6 Å². The highest BCUT2D eigenvalue weighted by Crippen LogP contribution is 2.43. The molecule has 5 heteroatoms. The van der Waals surface area contributed by atoms with Crippen molar-refractivity contribution >= 4 is 12.0 Å². The van der Waals surface area contributed by atoms with Gasteiger partial charge in [0, 0.05) is 6.54 Å². The Bertz CT molecular complexity index is 377. The van der Waals surface area contributed by atoms with Crippen molar-refractivity contribution in [3.8, 4) is 0 Å². The third-order valence-electron chi connectivity index (χ3n) is 5.51. The van der Waals surface area contributed by atoms with Gasteiger partial charge in [0.1, 0.15) is 5.54 Å². The van der Waals surface area contributed by atoms with Crippen LogP contribution >= 0.6 is 0 Å². The van der Waals surface area contributed by atoms with Crippen molar-refractivity contribution in [2.75, 3.05) is 6.54 Å². The molecule has 0 aliphatic heterocycles. The number of carboxylic acid groups (broad SMARTS) is 1. The van der Waals surface area contributed by atoms with Gasteiger partial charge in [0.2, 0.25) is 0 Å². The van der Waals surface area contributed by atoms with Crippen LogP contribution in [0, 0.1) is 5.41 Å². The van der Waals surface area contributed by atoms with Crippen LogP contribution in [0.25, 0.3) is 0 Å². The molecule has 2 amide bonds. The Labute approximate surface area is 126 Å². The van der Waals surface area contributed by atoms with E-state index in [1.165, 1.54) is 6.42 Å². The lowest BCUT2D eigenvalue weighted by molar-refractivity contribution is -0.145. The zero-order chi connectivity index (χ0) is 15.3. The van der Waals surface area contributed by atoms with E-state index >= 15 is 0 Å². The number of carboxylic acids is 1. The molecule has 0 saturated heterocycles. The minimum absolute atomic E-state index is 0.247. The Morgan fingerprint density at radius 1 is 1.00 bits per heavy atom. The molecule has 5 nitrogen and oxygen atoms in total. The Hall–Kier alpha value is -1.26. The Morgan fingerprint density at radius 3 is 2.05 bits per heavy atom. The number of nitrogens with one attached hydrogen (secondary N) is 2. The average Bonchev–Trinajstić information content (AvgIpc) is 2.64. The lowest BCUT2D eigenvalue weighted by atomic mass is 9.67. The van der Waals surface area contributed by atoms with Gasteiger partial charge in [-0.05, 0) is 37.5 Å². The second kappa shape index (κ2) is 6.67. The summed E-state index contributed by atoms with van der Waals surface area (Å²) in [6.45, 7) is 2.81. The van der Waals surface area contributed by atoms with Crippen LogP contribution < -0.4 is 10.6 Å². The molecule has 0 spiro atoms. The van der Waals surface area contributed by atoms with Crippen molar-refractivity contribution in [2.24, 2.45) is 5.41 Å². The van der Waals surface area contributed by atoms with Crippen LogP contribution in [-0.2, 0) is 4.79 Å². The van der Waals surface area contributed by atoms with E-state index in [0.29, 0.717) is 19.4 Å². The number of hydrogen-bond donors (Lipinski definition) is 3. The number of carbonyl (C=O) groups is 2. The zero-order valence-corrected chi connectivity index (χ0v) is 13.0. The number of urea groups is 1. The van der Waals surface area contributed by atoms with Crippen LogP contribution in [0.5, 0.6) is 0 Å². The summed E-state index contributed by atoms with van der Waals surface area (Å²) in [6.07, 6.45) is 9.53. The van der Waals surface area contributed by atoms with E-state index in [9.17, 15) is 14.7 Å². The smallest absolute Gasteiger partial charge is 0.329 e. The van der Waals surface area contributed by atoms with E-state index < -0.39 is 11.5 Å². The quantitative estimate of drug-likeness (QED) is 0.682. The van der Waals surface area contributed by atoms with Crippen molar-refractivity contribution in [3.63, 3.8) is 0 Å². The number of amides is 2. The summed E-state index contributed by atoms with van der Waals surface area (Å²) in [7, 11) is 0. The standard InChI is InChI=1S/C16H28N2O3/c1-2-15(8-7-9-15)12-17-14(21)18-16(13(19)20)10-5-3-4-6-11-16/h2-12H2,1H3,(H,19,20)(H2,17,18,21). The first-order valence-corrected chi connectivity index (χ1v) is 8.31. The van der Waals surface area contributed by atoms with Gasteiger partial charge in [-0.1, -0.05) is 39.0 Å². The van der Waals surface area contributed by atoms with Crippen LogP contribution in [0.2, 0.25) is 0 Å². The maximum absolute atomic E-state index is 12.2. The van der Waals surface area contributed by atoms with Crippen molar-refractivity contribution in [1.29, 1.82) is 0 Å². The number of rotatable bonds is 5. The number of aliphatic carboxylic acids is 1. The van der Waals surface area contributed by atoms with E-state index in [1.54, 1.807) is 0 Å². The molecular formula is C16H28N2O3. The summed E-state index contributed by atoms with van der Waals surface area (Å²) in [6, 6.07) is -0.320. The molecule has 0 aromatic rings. The van der Waals surface area contributed by atoms with Crippen LogP contribution in [0.4, 0.5) is 4.79 Å². The Kier molecular flexibility index (Phi) is 5.12. The summed E-state index contributed by atoms with van der Waals surface area (Å²) in [5.74, 6) is -0.895. The summed E-state index contributed by atoms with van der Waals surface area (Å²) in [5, 5.41) is 15.2. The molecule has 2 aliphatic carbocycles. The van der Waals surface area contributed by atoms with Gasteiger partial charge in [-0.2, -0.15) is 0 Å². The van der Waals surface area contributed by atoms with Gasteiger partial charge in [-0.3, -0.25) is 0 Å².